The van der Waals surface area contributed by atoms with Gasteiger partial charge in [-0.15, -0.1) is 0 Å². The van der Waals surface area contributed by atoms with Crippen molar-refractivity contribution in [1.29, 1.82) is 0 Å². The summed E-state index contributed by atoms with van der Waals surface area (Å²) in [4.78, 5) is 85.0. The fourth-order valence-electron chi connectivity index (χ4n) is 7.70. The van der Waals surface area contributed by atoms with Crippen LogP contribution in [0.25, 0.3) is 0 Å². The minimum Gasteiger partial charge on any atom is -0.492 e. The average molecular weight is 607 g/mol. The van der Waals surface area contributed by atoms with Gasteiger partial charge < -0.3 is 14.2 Å². The number of methoxy groups -OCH3 is 2. The van der Waals surface area contributed by atoms with E-state index in [1.54, 1.807) is 26.8 Å². The van der Waals surface area contributed by atoms with Crippen molar-refractivity contribution in [2.24, 2.45) is 0 Å². The Labute approximate surface area is 256 Å². The van der Waals surface area contributed by atoms with Crippen molar-refractivity contribution in [3.05, 3.63) is 56.6 Å². The van der Waals surface area contributed by atoms with Gasteiger partial charge in [0.2, 0.25) is 11.6 Å². The van der Waals surface area contributed by atoms with Gasteiger partial charge in [-0.3, -0.25) is 33.8 Å². The topological polar surface area (TPSA) is 137 Å². The molecule has 0 aromatic carbocycles. The molecule has 0 aromatic rings. The van der Waals surface area contributed by atoms with E-state index in [0.717, 1.165) is 0 Å². The number of piperazine rings is 1. The smallest absolute Gasteiger partial charge is 0.333 e. The molecule has 3 aliphatic heterocycles. The Bertz CT molecular complexity index is 1570. The lowest BCUT2D eigenvalue weighted by molar-refractivity contribution is -0.146. The first kappa shape index (κ1) is 31.5. The van der Waals surface area contributed by atoms with E-state index in [1.165, 1.54) is 28.1 Å². The average Bonchev–Trinajstić information content (AvgIpc) is 2.98. The molecule has 5 atom stereocenters. The van der Waals surface area contributed by atoms with Gasteiger partial charge in [0.1, 0.15) is 12.4 Å². The molecule has 0 amide bonds. The summed E-state index contributed by atoms with van der Waals surface area (Å²) in [5.74, 6) is -2.29. The first-order chi connectivity index (χ1) is 20.8. The Balaban J connectivity index is 1.73. The van der Waals surface area contributed by atoms with E-state index in [-0.39, 0.29) is 77.0 Å². The van der Waals surface area contributed by atoms with Crippen molar-refractivity contribution in [2.45, 2.75) is 84.1 Å². The van der Waals surface area contributed by atoms with Gasteiger partial charge in [0.15, 0.2) is 23.1 Å². The number of Topliss-reactive ketones (excluding diaryl/α,β-unsaturated/α-hetero) is 5. The lowest BCUT2D eigenvalue weighted by Gasteiger charge is -2.61. The molecule has 0 unspecified atom stereocenters. The van der Waals surface area contributed by atoms with Gasteiger partial charge in [-0.05, 0) is 54.5 Å². The largest absolute Gasteiger partial charge is 0.492 e. The van der Waals surface area contributed by atoms with Crippen LogP contribution in [0.1, 0.15) is 53.9 Å². The van der Waals surface area contributed by atoms with Gasteiger partial charge in [0.05, 0.1) is 26.3 Å². The molecule has 1 saturated heterocycles. The molecule has 3 heterocycles. The number of ether oxygens (including phenoxy) is 3. The lowest BCUT2D eigenvalue weighted by Crippen LogP contribution is -2.74. The Morgan fingerprint density at radius 2 is 1.36 bits per heavy atom. The van der Waals surface area contributed by atoms with Gasteiger partial charge in [0.25, 0.3) is 0 Å². The molecule has 0 saturated carbocycles. The molecule has 2 bridgehead atoms. The van der Waals surface area contributed by atoms with E-state index in [4.69, 9.17) is 14.2 Å². The minimum absolute atomic E-state index is 0.0199. The molecule has 44 heavy (non-hydrogen) atoms. The fraction of sp³-hybridized carbons (Fsp3) is 0.515. The highest BCUT2D eigenvalue weighted by molar-refractivity contribution is 6.26. The maximum Gasteiger partial charge on any atom is 0.333 e. The molecule has 11 heteroatoms. The Morgan fingerprint density at radius 1 is 0.841 bits per heavy atom. The second-order valence-corrected chi connectivity index (χ2v) is 12.1. The maximum atomic E-state index is 14.0. The predicted molar refractivity (Wildman–Crippen MR) is 157 cm³/mol. The third kappa shape index (κ3) is 4.56. The van der Waals surface area contributed by atoms with Crippen molar-refractivity contribution in [1.82, 2.24) is 9.80 Å². The standard InChI is InChI=1S/C33H38N2O9/c1-9-14(2)33(41)44-13-23-24-18(27(37)16(4)31(42-7)29(24)39)12-22-26-25-19(28(38)17(5)32(43-8)30(25)40)11-20(34(26)6)21(35(22)23)10-15(3)36/h9,20-23,26H,10-13H2,1-8H3/b14-9+/t20-,21-,22-,23-,26-/m0/s1. The monoisotopic (exact) mass is 606 g/mol. The van der Waals surface area contributed by atoms with Crippen LogP contribution in [0.5, 0.6) is 0 Å². The molecular formula is C33H38N2O9. The van der Waals surface area contributed by atoms with Crippen LogP contribution in [0, 0.1) is 0 Å². The zero-order valence-electron chi connectivity index (χ0n) is 26.4. The van der Waals surface area contributed by atoms with Gasteiger partial charge in [-0.2, -0.15) is 0 Å². The zero-order valence-corrected chi connectivity index (χ0v) is 26.4. The summed E-state index contributed by atoms with van der Waals surface area (Å²) in [7, 11) is 4.53. The molecule has 11 nitrogen and oxygen atoms in total. The van der Waals surface area contributed by atoms with Crippen LogP contribution < -0.4 is 0 Å². The van der Waals surface area contributed by atoms with Crippen LogP contribution in [0.15, 0.2) is 56.6 Å². The number of likely N-dealkylation sites (N-methyl/N-ethyl adjacent to an activating group) is 1. The van der Waals surface area contributed by atoms with E-state index in [1.807, 2.05) is 16.8 Å². The SMILES string of the molecule is C/C=C(\C)C(=O)OC[C@H]1C2=C(C[C@H]3[C@H]4C5=C(C[C@@H]([C@H](CC(C)=O)N13)N4C)C(=O)C(C)=C(OC)C5=O)C(=O)C(C)=C(OC)C2=O. The number of carbonyl (C=O) groups excluding carboxylic acids is 6. The number of fused-ring (bicyclic) bond motifs is 5. The second-order valence-electron chi connectivity index (χ2n) is 12.1. The highest BCUT2D eigenvalue weighted by Crippen LogP contribution is 2.49. The maximum absolute atomic E-state index is 14.0. The van der Waals surface area contributed by atoms with E-state index in [2.05, 4.69) is 0 Å². The van der Waals surface area contributed by atoms with Crippen molar-refractivity contribution in [3.8, 4) is 0 Å². The van der Waals surface area contributed by atoms with E-state index in [0.29, 0.717) is 16.7 Å². The minimum atomic E-state index is -0.911. The first-order valence-electron chi connectivity index (χ1n) is 14.7. The number of allylic oxidation sites excluding steroid dienone is 5. The van der Waals surface area contributed by atoms with Crippen LogP contribution in [0.4, 0.5) is 0 Å². The van der Waals surface area contributed by atoms with Gasteiger partial charge in [-0.1, -0.05) is 6.08 Å². The number of rotatable bonds is 7. The van der Waals surface area contributed by atoms with Crippen molar-refractivity contribution < 1.29 is 43.0 Å². The molecule has 0 aromatic heterocycles. The third-order valence-corrected chi connectivity index (χ3v) is 9.85. The normalized spacial score (nSPS) is 29.5. The number of hydrogen-bond donors (Lipinski definition) is 0. The van der Waals surface area contributed by atoms with E-state index < -0.39 is 47.7 Å². The van der Waals surface area contributed by atoms with E-state index in [9.17, 15) is 28.8 Å². The number of carbonyl (C=O) groups is 6. The molecule has 0 spiro atoms. The number of ketones is 5. The molecule has 5 aliphatic rings. The van der Waals surface area contributed by atoms with Crippen molar-refractivity contribution in [2.75, 3.05) is 27.9 Å². The van der Waals surface area contributed by atoms with Crippen LogP contribution in [0.3, 0.4) is 0 Å². The first-order valence-corrected chi connectivity index (χ1v) is 14.7. The van der Waals surface area contributed by atoms with Gasteiger partial charge in [0, 0.05) is 63.6 Å². The summed E-state index contributed by atoms with van der Waals surface area (Å²) in [5, 5.41) is 0. The number of nitrogens with zero attached hydrogens (tertiary/aromatic N) is 2. The molecule has 1 fully saturated rings. The second kappa shape index (κ2) is 11.5. The third-order valence-electron chi connectivity index (χ3n) is 9.85. The highest BCUT2D eigenvalue weighted by Gasteiger charge is 2.59. The van der Waals surface area contributed by atoms with Gasteiger partial charge >= 0.3 is 5.97 Å². The molecule has 0 radical (unpaired) electrons. The van der Waals surface area contributed by atoms with Crippen LogP contribution >= 0.6 is 0 Å². The summed E-state index contributed by atoms with van der Waals surface area (Å²) in [5.41, 5.74) is 1.90. The molecule has 234 valence electrons. The van der Waals surface area contributed by atoms with Crippen LogP contribution in [0.2, 0.25) is 0 Å². The molecular weight excluding hydrogens is 568 g/mol. The summed E-state index contributed by atoms with van der Waals surface area (Å²) in [6, 6.07) is -3.10. The zero-order chi connectivity index (χ0) is 32.4. The van der Waals surface area contributed by atoms with Crippen LogP contribution in [-0.2, 0) is 43.0 Å². The van der Waals surface area contributed by atoms with Crippen molar-refractivity contribution in [3.63, 3.8) is 0 Å². The Kier molecular flexibility index (Phi) is 8.24. The summed E-state index contributed by atoms with van der Waals surface area (Å²) >= 11 is 0. The lowest BCUT2D eigenvalue weighted by atomic mass is 9.67. The quantitative estimate of drug-likeness (QED) is 0.239. The summed E-state index contributed by atoms with van der Waals surface area (Å²) in [6.45, 7) is 7.63. The predicted octanol–water partition coefficient (Wildman–Crippen LogP) is 2.11. The Morgan fingerprint density at radius 3 is 1.89 bits per heavy atom. The summed E-state index contributed by atoms with van der Waals surface area (Å²) < 4.78 is 16.5. The molecule has 5 rings (SSSR count). The molecule has 0 N–H and O–H groups in total. The number of hydrogen-bond acceptors (Lipinski definition) is 11. The summed E-state index contributed by atoms with van der Waals surface area (Å²) in [6.07, 6.45) is 1.97. The number of esters is 1. The van der Waals surface area contributed by atoms with Gasteiger partial charge in [-0.25, -0.2) is 4.79 Å². The van der Waals surface area contributed by atoms with Crippen molar-refractivity contribution >= 4 is 34.9 Å². The Hall–Kier alpha value is -3.96. The molecule has 2 aliphatic carbocycles. The van der Waals surface area contributed by atoms with E-state index >= 15 is 0 Å². The van der Waals surface area contributed by atoms with Crippen LogP contribution in [-0.4, -0.2) is 103 Å². The fourth-order valence-corrected chi connectivity index (χ4v) is 7.70. The highest BCUT2D eigenvalue weighted by atomic mass is 16.5.